The van der Waals surface area contributed by atoms with Gasteiger partial charge in [0.25, 0.3) is 0 Å². The molecule has 2 aromatic carbocycles. The molecule has 182 valence electrons. The van der Waals surface area contributed by atoms with Crippen LogP contribution in [0, 0.1) is 0 Å². The van der Waals surface area contributed by atoms with Crippen molar-refractivity contribution in [1.82, 2.24) is 0 Å². The lowest BCUT2D eigenvalue weighted by atomic mass is 9.73. The molecule has 1 aliphatic carbocycles. The van der Waals surface area contributed by atoms with E-state index in [1.54, 1.807) is 23.5 Å². The van der Waals surface area contributed by atoms with Crippen LogP contribution in [0.2, 0.25) is 25.7 Å². The molecule has 1 aromatic heterocycles. The number of fused-ring (bicyclic) bond motifs is 1. The highest BCUT2D eigenvalue weighted by Gasteiger charge is 2.30. The molecule has 0 saturated heterocycles. The number of hydrogen-bond donors (Lipinski definition) is 1. The van der Waals surface area contributed by atoms with Crippen molar-refractivity contribution in [1.29, 1.82) is 0 Å². The average Bonchev–Trinajstić information content (AvgIpc) is 3.31. The second kappa shape index (κ2) is 9.59. The van der Waals surface area contributed by atoms with Gasteiger partial charge >= 0.3 is 11.9 Å². The molecule has 0 fully saturated rings. The standard InChI is InChI=1S/C29H32O4SSi/c1-29(2)14-12-23(26-7-6-15-34-26)24-18-20(8-11-25(24)29)28(32)33-21-9-10-22(27(30)31)19(17-21)13-16-35(3,4)5/h6-12,15,17-18H,13-14,16H2,1-5H3,(H,30,31). The summed E-state index contributed by atoms with van der Waals surface area (Å²) >= 11 is 1.69. The largest absolute Gasteiger partial charge is 0.478 e. The van der Waals surface area contributed by atoms with Crippen molar-refractivity contribution < 1.29 is 19.4 Å². The maximum atomic E-state index is 13.2. The molecule has 0 atom stereocenters. The summed E-state index contributed by atoms with van der Waals surface area (Å²) < 4.78 is 5.74. The summed E-state index contributed by atoms with van der Waals surface area (Å²) in [5.41, 5.74) is 4.88. The van der Waals surface area contributed by atoms with Gasteiger partial charge in [-0.1, -0.05) is 57.7 Å². The Morgan fingerprint density at radius 1 is 1.09 bits per heavy atom. The number of carbonyl (C=O) groups excluding carboxylic acids is 1. The number of ether oxygens (including phenoxy) is 1. The predicted octanol–water partition coefficient (Wildman–Crippen LogP) is 7.66. The number of rotatable bonds is 7. The molecule has 35 heavy (non-hydrogen) atoms. The van der Waals surface area contributed by atoms with Crippen LogP contribution in [-0.2, 0) is 11.8 Å². The Morgan fingerprint density at radius 2 is 1.86 bits per heavy atom. The molecule has 0 bridgehead atoms. The zero-order valence-corrected chi connectivity index (χ0v) is 22.8. The molecule has 3 aromatic rings. The molecule has 0 unspecified atom stereocenters. The molecular weight excluding hydrogens is 472 g/mol. The van der Waals surface area contributed by atoms with Crippen molar-refractivity contribution in [2.45, 2.75) is 57.8 Å². The van der Waals surface area contributed by atoms with Crippen molar-refractivity contribution >= 4 is 36.9 Å². The van der Waals surface area contributed by atoms with Gasteiger partial charge < -0.3 is 9.84 Å². The molecule has 1 aliphatic rings. The smallest absolute Gasteiger partial charge is 0.343 e. The van der Waals surface area contributed by atoms with Gasteiger partial charge in [0.2, 0.25) is 0 Å². The van der Waals surface area contributed by atoms with E-state index in [2.05, 4.69) is 51.0 Å². The summed E-state index contributed by atoms with van der Waals surface area (Å²) in [7, 11) is -1.36. The highest BCUT2D eigenvalue weighted by molar-refractivity contribution is 7.11. The summed E-state index contributed by atoms with van der Waals surface area (Å²) in [4.78, 5) is 26.1. The van der Waals surface area contributed by atoms with E-state index in [0.717, 1.165) is 23.6 Å². The predicted molar refractivity (Wildman–Crippen MR) is 146 cm³/mol. The van der Waals surface area contributed by atoms with Crippen LogP contribution in [0.3, 0.4) is 0 Å². The van der Waals surface area contributed by atoms with Crippen LogP contribution in [0.15, 0.2) is 60.0 Å². The molecule has 0 aliphatic heterocycles. The van der Waals surface area contributed by atoms with E-state index < -0.39 is 20.0 Å². The Bertz CT molecular complexity index is 1300. The summed E-state index contributed by atoms with van der Waals surface area (Å²) in [6, 6.07) is 15.7. The van der Waals surface area contributed by atoms with E-state index in [4.69, 9.17) is 4.74 Å². The van der Waals surface area contributed by atoms with E-state index in [9.17, 15) is 14.7 Å². The third-order valence-electron chi connectivity index (χ3n) is 6.54. The minimum Gasteiger partial charge on any atom is -0.478 e. The number of hydrogen-bond acceptors (Lipinski definition) is 4. The van der Waals surface area contributed by atoms with Gasteiger partial charge in [-0.25, -0.2) is 9.59 Å². The Balaban J connectivity index is 1.63. The molecule has 0 amide bonds. The molecule has 4 nitrogen and oxygen atoms in total. The second-order valence-corrected chi connectivity index (χ2v) is 17.6. The van der Waals surface area contributed by atoms with Crippen molar-refractivity contribution in [3.05, 3.63) is 92.7 Å². The van der Waals surface area contributed by atoms with Crippen LogP contribution in [0.4, 0.5) is 0 Å². The Labute approximate surface area is 212 Å². The van der Waals surface area contributed by atoms with Crippen LogP contribution in [0.25, 0.3) is 5.57 Å². The highest BCUT2D eigenvalue weighted by Crippen LogP contribution is 2.42. The first-order valence-corrected chi connectivity index (χ1v) is 16.5. The van der Waals surface area contributed by atoms with Crippen molar-refractivity contribution in [3.63, 3.8) is 0 Å². The first-order chi connectivity index (χ1) is 16.4. The fraction of sp³-hybridized carbons (Fsp3) is 0.310. The van der Waals surface area contributed by atoms with E-state index in [1.807, 2.05) is 24.3 Å². The Kier molecular flexibility index (Phi) is 6.89. The van der Waals surface area contributed by atoms with Crippen LogP contribution < -0.4 is 4.74 Å². The quantitative estimate of drug-likeness (QED) is 0.204. The van der Waals surface area contributed by atoms with Gasteiger partial charge in [-0.2, -0.15) is 0 Å². The molecule has 4 rings (SSSR count). The third kappa shape index (κ3) is 5.65. The number of benzene rings is 2. The van der Waals surface area contributed by atoms with Gasteiger partial charge in [0.15, 0.2) is 0 Å². The lowest BCUT2D eigenvalue weighted by Gasteiger charge is -2.32. The van der Waals surface area contributed by atoms with Crippen LogP contribution >= 0.6 is 11.3 Å². The van der Waals surface area contributed by atoms with E-state index in [-0.39, 0.29) is 11.0 Å². The molecule has 1 N–H and O–H groups in total. The number of esters is 1. The van der Waals surface area contributed by atoms with Crippen molar-refractivity contribution in [3.8, 4) is 5.75 Å². The first kappa shape index (κ1) is 25.1. The van der Waals surface area contributed by atoms with Gasteiger partial charge in [0.05, 0.1) is 11.1 Å². The van der Waals surface area contributed by atoms with E-state index in [1.165, 1.54) is 16.5 Å². The molecule has 6 heteroatoms. The highest BCUT2D eigenvalue weighted by atomic mass is 32.1. The van der Waals surface area contributed by atoms with Crippen LogP contribution in [-0.4, -0.2) is 25.1 Å². The lowest BCUT2D eigenvalue weighted by Crippen LogP contribution is -2.22. The topological polar surface area (TPSA) is 63.6 Å². The minimum absolute atomic E-state index is 0.0174. The summed E-state index contributed by atoms with van der Waals surface area (Å²) in [5.74, 6) is -1.03. The van der Waals surface area contributed by atoms with Crippen molar-refractivity contribution in [2.24, 2.45) is 0 Å². The third-order valence-corrected chi connectivity index (χ3v) is 9.19. The minimum atomic E-state index is -1.36. The zero-order valence-electron chi connectivity index (χ0n) is 21.0. The normalized spacial score (nSPS) is 14.7. The molecule has 0 saturated carbocycles. The maximum absolute atomic E-state index is 13.2. The fourth-order valence-corrected chi connectivity index (χ4v) is 6.25. The van der Waals surface area contributed by atoms with Gasteiger partial charge in [0, 0.05) is 13.0 Å². The number of allylic oxidation sites excluding steroid dienone is 1. The lowest BCUT2D eigenvalue weighted by molar-refractivity contribution is 0.0695. The first-order valence-electron chi connectivity index (χ1n) is 11.9. The summed E-state index contributed by atoms with van der Waals surface area (Å²) in [5, 5.41) is 11.7. The van der Waals surface area contributed by atoms with E-state index in [0.29, 0.717) is 23.3 Å². The number of carboxylic acids is 1. The monoisotopic (exact) mass is 504 g/mol. The molecule has 0 spiro atoms. The van der Waals surface area contributed by atoms with Gasteiger partial charge in [-0.3, -0.25) is 0 Å². The molecular formula is C29H32O4SSi. The number of aryl methyl sites for hydroxylation is 1. The van der Waals surface area contributed by atoms with Crippen LogP contribution in [0.5, 0.6) is 5.75 Å². The summed E-state index contributed by atoms with van der Waals surface area (Å²) in [6.07, 6.45) is 3.86. The fourth-order valence-electron chi connectivity index (χ4n) is 4.45. The van der Waals surface area contributed by atoms with Gasteiger partial charge in [0.1, 0.15) is 5.75 Å². The Hall–Kier alpha value is -2.96. The summed E-state index contributed by atoms with van der Waals surface area (Å²) in [6.45, 7) is 11.2. The average molecular weight is 505 g/mol. The zero-order chi connectivity index (χ0) is 25.4. The second-order valence-electron chi connectivity index (χ2n) is 11.0. The SMILES string of the molecule is CC1(C)CC=C(c2cccs2)c2cc(C(=O)Oc3ccc(C(=O)O)c(CC[Si](C)(C)C)c3)ccc21. The number of aromatic carboxylic acids is 1. The van der Waals surface area contributed by atoms with Gasteiger partial charge in [-0.05, 0) is 82.3 Å². The van der Waals surface area contributed by atoms with Gasteiger partial charge in [-0.15, -0.1) is 11.3 Å². The Morgan fingerprint density at radius 3 is 2.51 bits per heavy atom. The van der Waals surface area contributed by atoms with Crippen molar-refractivity contribution in [2.75, 3.05) is 0 Å². The molecule has 0 radical (unpaired) electrons. The number of carboxylic acid groups (broad SMARTS) is 1. The number of thiophene rings is 1. The molecule has 1 heterocycles. The maximum Gasteiger partial charge on any atom is 0.343 e. The van der Waals surface area contributed by atoms with E-state index >= 15 is 0 Å². The number of carbonyl (C=O) groups is 2. The van der Waals surface area contributed by atoms with Crippen LogP contribution in [0.1, 0.15) is 62.6 Å².